The van der Waals surface area contributed by atoms with E-state index >= 15 is 0 Å². The molecule has 0 aromatic heterocycles. The zero-order valence-corrected chi connectivity index (χ0v) is 13.7. The molecule has 0 bridgehead atoms. The van der Waals surface area contributed by atoms with E-state index in [1.54, 1.807) is 12.1 Å². The predicted octanol–water partition coefficient (Wildman–Crippen LogP) is 2.61. The molecule has 21 heavy (non-hydrogen) atoms. The van der Waals surface area contributed by atoms with Crippen LogP contribution in [0.15, 0.2) is 29.2 Å². The molecule has 0 heterocycles. The van der Waals surface area contributed by atoms with E-state index in [0.717, 1.165) is 31.2 Å². The lowest BCUT2D eigenvalue weighted by Gasteiger charge is -2.31. The zero-order chi connectivity index (χ0) is 15.5. The smallest absolute Gasteiger partial charge is 0.240 e. The molecular formula is C16H26N2O2S. The summed E-state index contributed by atoms with van der Waals surface area (Å²) < 4.78 is 28.0. The summed E-state index contributed by atoms with van der Waals surface area (Å²) in [6.07, 6.45) is 4.10. The molecule has 5 heteroatoms. The molecule has 1 aromatic carbocycles. The van der Waals surface area contributed by atoms with Crippen LogP contribution < -0.4 is 10.5 Å². The molecule has 0 amide bonds. The van der Waals surface area contributed by atoms with Crippen molar-refractivity contribution in [1.29, 1.82) is 0 Å². The Morgan fingerprint density at radius 2 is 2.00 bits per heavy atom. The summed E-state index contributed by atoms with van der Waals surface area (Å²) in [6, 6.07) is 7.18. The van der Waals surface area contributed by atoms with Crippen molar-refractivity contribution in [2.75, 3.05) is 6.54 Å². The molecule has 1 aliphatic carbocycles. The third-order valence-electron chi connectivity index (χ3n) is 4.35. The number of benzene rings is 1. The second-order valence-corrected chi connectivity index (χ2v) is 7.95. The standard InChI is InChI=1S/C16H26N2O2S/c1-12(2)13-7-5-8-15(10-13)21(19,20)18-16-9-4-3-6-14(16)11-17/h5,7-8,10,12,14,16,18H,3-4,6,9,11,17H2,1-2H3. The van der Waals surface area contributed by atoms with Crippen molar-refractivity contribution in [2.45, 2.75) is 56.4 Å². The van der Waals surface area contributed by atoms with E-state index < -0.39 is 10.0 Å². The molecule has 118 valence electrons. The summed E-state index contributed by atoms with van der Waals surface area (Å²) >= 11 is 0. The third kappa shape index (κ3) is 4.05. The van der Waals surface area contributed by atoms with E-state index in [1.165, 1.54) is 0 Å². The van der Waals surface area contributed by atoms with Crippen LogP contribution in [-0.4, -0.2) is 21.0 Å². The molecule has 2 rings (SSSR count). The summed E-state index contributed by atoms with van der Waals surface area (Å²) in [4.78, 5) is 0.357. The largest absolute Gasteiger partial charge is 0.330 e. The average molecular weight is 310 g/mol. The van der Waals surface area contributed by atoms with Gasteiger partial charge in [0.15, 0.2) is 0 Å². The number of hydrogen-bond donors (Lipinski definition) is 2. The molecule has 1 aromatic rings. The molecular weight excluding hydrogens is 284 g/mol. The Hall–Kier alpha value is -0.910. The minimum Gasteiger partial charge on any atom is -0.330 e. The van der Waals surface area contributed by atoms with Gasteiger partial charge < -0.3 is 5.73 Å². The SMILES string of the molecule is CC(C)c1cccc(S(=O)(=O)NC2CCCCC2CN)c1. The molecule has 0 spiro atoms. The van der Waals surface area contributed by atoms with Gasteiger partial charge in [-0.3, -0.25) is 0 Å². The van der Waals surface area contributed by atoms with E-state index in [2.05, 4.69) is 18.6 Å². The van der Waals surface area contributed by atoms with Crippen LogP contribution in [0.25, 0.3) is 0 Å². The van der Waals surface area contributed by atoms with Crippen LogP contribution in [0.3, 0.4) is 0 Å². The first-order valence-electron chi connectivity index (χ1n) is 7.76. The Labute approximate surface area is 128 Å². The van der Waals surface area contributed by atoms with Gasteiger partial charge in [-0.2, -0.15) is 0 Å². The fourth-order valence-corrected chi connectivity index (χ4v) is 4.35. The molecule has 0 aliphatic heterocycles. The van der Waals surface area contributed by atoms with Crippen LogP contribution in [-0.2, 0) is 10.0 Å². The van der Waals surface area contributed by atoms with Crippen molar-refractivity contribution in [1.82, 2.24) is 4.72 Å². The average Bonchev–Trinajstić information content (AvgIpc) is 2.47. The molecule has 3 N–H and O–H groups in total. The van der Waals surface area contributed by atoms with E-state index in [4.69, 9.17) is 5.73 Å². The Morgan fingerprint density at radius 1 is 1.29 bits per heavy atom. The number of nitrogens with one attached hydrogen (secondary N) is 1. The van der Waals surface area contributed by atoms with E-state index in [1.807, 2.05) is 12.1 Å². The van der Waals surface area contributed by atoms with Gasteiger partial charge in [-0.05, 0) is 48.9 Å². The van der Waals surface area contributed by atoms with Crippen LogP contribution in [0.4, 0.5) is 0 Å². The summed E-state index contributed by atoms with van der Waals surface area (Å²) in [5.74, 6) is 0.563. The van der Waals surface area contributed by atoms with Gasteiger partial charge in [-0.15, -0.1) is 0 Å². The minimum absolute atomic E-state index is 0.0311. The second-order valence-electron chi connectivity index (χ2n) is 6.24. The maximum absolute atomic E-state index is 12.6. The summed E-state index contributed by atoms with van der Waals surface area (Å²) in [5.41, 5.74) is 6.82. The molecule has 4 nitrogen and oxygen atoms in total. The van der Waals surface area contributed by atoms with Gasteiger partial charge in [0.05, 0.1) is 4.90 Å². The van der Waals surface area contributed by atoms with Gasteiger partial charge >= 0.3 is 0 Å². The van der Waals surface area contributed by atoms with Gasteiger partial charge in [0.1, 0.15) is 0 Å². The Morgan fingerprint density at radius 3 is 2.67 bits per heavy atom. The van der Waals surface area contributed by atoms with Crippen molar-refractivity contribution in [3.05, 3.63) is 29.8 Å². The fraction of sp³-hybridized carbons (Fsp3) is 0.625. The van der Waals surface area contributed by atoms with Gasteiger partial charge in [-0.25, -0.2) is 13.1 Å². The third-order valence-corrected chi connectivity index (χ3v) is 5.84. The zero-order valence-electron chi connectivity index (χ0n) is 12.9. The quantitative estimate of drug-likeness (QED) is 0.878. The van der Waals surface area contributed by atoms with Crippen LogP contribution in [0.1, 0.15) is 51.0 Å². The summed E-state index contributed by atoms with van der Waals surface area (Å²) in [6.45, 7) is 4.66. The first-order valence-corrected chi connectivity index (χ1v) is 9.24. The van der Waals surface area contributed by atoms with E-state index in [0.29, 0.717) is 17.4 Å². The van der Waals surface area contributed by atoms with Crippen LogP contribution >= 0.6 is 0 Å². The monoisotopic (exact) mass is 310 g/mol. The first-order chi connectivity index (χ1) is 9.94. The van der Waals surface area contributed by atoms with Crippen molar-refractivity contribution < 1.29 is 8.42 Å². The molecule has 2 unspecified atom stereocenters. The molecule has 1 fully saturated rings. The van der Waals surface area contributed by atoms with E-state index in [9.17, 15) is 8.42 Å². The van der Waals surface area contributed by atoms with Crippen molar-refractivity contribution in [2.24, 2.45) is 11.7 Å². The number of nitrogens with two attached hydrogens (primary N) is 1. The van der Waals surface area contributed by atoms with Gasteiger partial charge in [-0.1, -0.05) is 38.8 Å². The maximum atomic E-state index is 12.6. The fourth-order valence-electron chi connectivity index (χ4n) is 2.95. The first kappa shape index (κ1) is 16.5. The lowest BCUT2D eigenvalue weighted by Crippen LogP contribution is -2.44. The van der Waals surface area contributed by atoms with Crippen LogP contribution in [0.5, 0.6) is 0 Å². The molecule has 0 radical (unpaired) electrons. The minimum atomic E-state index is -3.46. The van der Waals surface area contributed by atoms with Crippen LogP contribution in [0.2, 0.25) is 0 Å². The molecule has 1 saturated carbocycles. The summed E-state index contributed by atoms with van der Waals surface area (Å²) in [5, 5.41) is 0. The van der Waals surface area contributed by atoms with Crippen molar-refractivity contribution in [3.8, 4) is 0 Å². The predicted molar refractivity (Wildman–Crippen MR) is 85.7 cm³/mol. The van der Waals surface area contributed by atoms with Gasteiger partial charge in [0, 0.05) is 6.04 Å². The molecule has 0 saturated heterocycles. The Balaban J connectivity index is 2.19. The molecule has 2 atom stereocenters. The number of hydrogen-bond acceptors (Lipinski definition) is 3. The second kappa shape index (κ2) is 6.90. The lowest BCUT2D eigenvalue weighted by molar-refractivity contribution is 0.296. The Bertz CT molecular complexity index is 569. The molecule has 1 aliphatic rings. The highest BCUT2D eigenvalue weighted by Crippen LogP contribution is 2.26. The van der Waals surface area contributed by atoms with Crippen molar-refractivity contribution >= 4 is 10.0 Å². The van der Waals surface area contributed by atoms with Crippen molar-refractivity contribution in [3.63, 3.8) is 0 Å². The van der Waals surface area contributed by atoms with Crippen LogP contribution in [0, 0.1) is 5.92 Å². The lowest BCUT2D eigenvalue weighted by atomic mass is 9.85. The maximum Gasteiger partial charge on any atom is 0.240 e. The highest BCUT2D eigenvalue weighted by atomic mass is 32.2. The van der Waals surface area contributed by atoms with E-state index in [-0.39, 0.29) is 12.0 Å². The Kier molecular flexibility index (Phi) is 5.41. The van der Waals surface area contributed by atoms with Gasteiger partial charge in [0.25, 0.3) is 0 Å². The topological polar surface area (TPSA) is 72.2 Å². The normalized spacial score (nSPS) is 23.4. The highest BCUT2D eigenvalue weighted by molar-refractivity contribution is 7.89. The highest BCUT2D eigenvalue weighted by Gasteiger charge is 2.28. The summed E-state index contributed by atoms with van der Waals surface area (Å²) in [7, 11) is -3.46. The van der Waals surface area contributed by atoms with Gasteiger partial charge in [0.2, 0.25) is 10.0 Å². The number of rotatable bonds is 5. The number of sulfonamides is 1.